The molecule has 1 aromatic rings. The Labute approximate surface area is 124 Å². The smallest absolute Gasteiger partial charge is 0.138 e. The number of hydrogen-bond donors (Lipinski definition) is 0. The molecule has 0 amide bonds. The Bertz CT molecular complexity index is 450. The second-order valence-electron chi connectivity index (χ2n) is 5.55. The number of alkyl halides is 1. The minimum absolute atomic E-state index is 0.378. The van der Waals surface area contributed by atoms with E-state index in [0.717, 1.165) is 23.8 Å². The van der Waals surface area contributed by atoms with Crippen molar-refractivity contribution in [3.8, 4) is 0 Å². The standard InChI is InChI=1S/C14H19Cl2N3/c15-8-11-13(16)17-9-18-14(11)19-7-3-5-10-4-1-2-6-12(10)19/h9-10,12H,1-8H2/t10-,12-/m1/s1. The lowest BCUT2D eigenvalue weighted by molar-refractivity contribution is 0.242. The Morgan fingerprint density at radius 3 is 2.79 bits per heavy atom. The molecule has 3 nitrogen and oxygen atoms in total. The first-order valence-corrected chi connectivity index (χ1v) is 8.04. The summed E-state index contributed by atoms with van der Waals surface area (Å²) in [5.41, 5.74) is 0.886. The van der Waals surface area contributed by atoms with Gasteiger partial charge in [0.1, 0.15) is 17.3 Å². The predicted octanol–water partition coefficient (Wildman–Crippen LogP) is 4.03. The van der Waals surface area contributed by atoms with E-state index < -0.39 is 0 Å². The van der Waals surface area contributed by atoms with Crippen LogP contribution in [0.2, 0.25) is 5.15 Å². The quantitative estimate of drug-likeness (QED) is 0.610. The molecule has 2 atom stereocenters. The lowest BCUT2D eigenvalue weighted by Crippen LogP contribution is -2.47. The summed E-state index contributed by atoms with van der Waals surface area (Å²) in [6, 6.07) is 0.621. The zero-order chi connectivity index (χ0) is 13.2. The number of rotatable bonds is 2. The van der Waals surface area contributed by atoms with Crippen LogP contribution >= 0.6 is 23.2 Å². The van der Waals surface area contributed by atoms with E-state index in [9.17, 15) is 0 Å². The van der Waals surface area contributed by atoms with Crippen molar-refractivity contribution in [2.24, 2.45) is 5.92 Å². The first kappa shape index (κ1) is 13.4. The molecule has 0 spiro atoms. The summed E-state index contributed by atoms with van der Waals surface area (Å²) in [6.07, 6.45) is 9.49. The first-order chi connectivity index (χ1) is 9.31. The monoisotopic (exact) mass is 299 g/mol. The van der Waals surface area contributed by atoms with Crippen LogP contribution < -0.4 is 4.90 Å². The van der Waals surface area contributed by atoms with E-state index in [2.05, 4.69) is 14.9 Å². The molecule has 1 aliphatic carbocycles. The lowest BCUT2D eigenvalue weighted by atomic mass is 9.78. The molecule has 0 radical (unpaired) electrons. The van der Waals surface area contributed by atoms with Crippen molar-refractivity contribution in [1.82, 2.24) is 9.97 Å². The van der Waals surface area contributed by atoms with Gasteiger partial charge in [-0.2, -0.15) is 0 Å². The molecule has 0 aromatic carbocycles. The molecule has 5 heteroatoms. The van der Waals surface area contributed by atoms with Gasteiger partial charge in [-0.15, -0.1) is 11.6 Å². The van der Waals surface area contributed by atoms with Gasteiger partial charge in [0, 0.05) is 18.2 Å². The second kappa shape index (κ2) is 5.84. The number of aromatic nitrogens is 2. The molecule has 2 fully saturated rings. The molecule has 0 unspecified atom stereocenters. The zero-order valence-corrected chi connectivity index (χ0v) is 12.5. The van der Waals surface area contributed by atoms with Gasteiger partial charge in [0.25, 0.3) is 0 Å². The van der Waals surface area contributed by atoms with Gasteiger partial charge in [0.05, 0.1) is 5.88 Å². The summed E-state index contributed by atoms with van der Waals surface area (Å²) in [4.78, 5) is 11.0. The number of nitrogens with zero attached hydrogens (tertiary/aromatic N) is 3. The molecule has 3 rings (SSSR count). The average molecular weight is 300 g/mol. The maximum atomic E-state index is 6.16. The van der Waals surface area contributed by atoms with Crippen LogP contribution in [0, 0.1) is 5.92 Å². The molecule has 19 heavy (non-hydrogen) atoms. The van der Waals surface area contributed by atoms with Crippen molar-refractivity contribution < 1.29 is 0 Å². The summed E-state index contributed by atoms with van der Waals surface area (Å²) < 4.78 is 0. The van der Waals surface area contributed by atoms with Crippen LogP contribution in [0.1, 0.15) is 44.1 Å². The zero-order valence-electron chi connectivity index (χ0n) is 11.0. The highest BCUT2D eigenvalue weighted by Crippen LogP contribution is 2.39. The van der Waals surface area contributed by atoms with E-state index in [4.69, 9.17) is 23.2 Å². The molecule has 1 saturated carbocycles. The van der Waals surface area contributed by atoms with E-state index in [0.29, 0.717) is 17.1 Å². The third kappa shape index (κ3) is 2.55. The summed E-state index contributed by atoms with van der Waals surface area (Å²) >= 11 is 12.2. The molecule has 0 N–H and O–H groups in total. The topological polar surface area (TPSA) is 29.0 Å². The average Bonchev–Trinajstić information content (AvgIpc) is 2.46. The molecule has 2 heterocycles. The summed E-state index contributed by atoms with van der Waals surface area (Å²) in [6.45, 7) is 1.07. The van der Waals surface area contributed by atoms with E-state index in [1.165, 1.54) is 38.5 Å². The van der Waals surface area contributed by atoms with Crippen molar-refractivity contribution in [1.29, 1.82) is 0 Å². The molecule has 104 valence electrons. The summed E-state index contributed by atoms with van der Waals surface area (Å²) in [5, 5.41) is 0.498. The fourth-order valence-electron chi connectivity index (χ4n) is 3.63. The second-order valence-corrected chi connectivity index (χ2v) is 6.17. The van der Waals surface area contributed by atoms with Crippen LogP contribution in [0.3, 0.4) is 0 Å². The van der Waals surface area contributed by atoms with E-state index in [1.807, 2.05) is 0 Å². The molecule has 1 saturated heterocycles. The minimum Gasteiger partial charge on any atom is -0.353 e. The Kier molecular flexibility index (Phi) is 4.13. The fraction of sp³-hybridized carbons (Fsp3) is 0.714. The maximum Gasteiger partial charge on any atom is 0.138 e. The Morgan fingerprint density at radius 1 is 1.16 bits per heavy atom. The van der Waals surface area contributed by atoms with Crippen LogP contribution in [0.15, 0.2) is 6.33 Å². The maximum absolute atomic E-state index is 6.16. The van der Waals surface area contributed by atoms with Crippen LogP contribution in [-0.2, 0) is 5.88 Å². The Morgan fingerprint density at radius 2 is 1.95 bits per heavy atom. The largest absolute Gasteiger partial charge is 0.353 e. The highest BCUT2D eigenvalue weighted by molar-refractivity contribution is 6.31. The molecule has 0 bridgehead atoms. The van der Waals surface area contributed by atoms with Crippen molar-refractivity contribution in [3.63, 3.8) is 0 Å². The summed E-state index contributed by atoms with van der Waals surface area (Å²) in [7, 11) is 0. The molecular formula is C14H19Cl2N3. The van der Waals surface area contributed by atoms with Gasteiger partial charge < -0.3 is 4.90 Å². The normalized spacial score (nSPS) is 27.2. The van der Waals surface area contributed by atoms with Crippen molar-refractivity contribution in [2.45, 2.75) is 50.4 Å². The van der Waals surface area contributed by atoms with Crippen molar-refractivity contribution in [2.75, 3.05) is 11.4 Å². The summed E-state index contributed by atoms with van der Waals surface area (Å²) in [5.74, 6) is 2.16. The number of fused-ring (bicyclic) bond motifs is 1. The van der Waals surface area contributed by atoms with Crippen molar-refractivity contribution >= 4 is 29.0 Å². The van der Waals surface area contributed by atoms with Gasteiger partial charge in [0.15, 0.2) is 0 Å². The van der Waals surface area contributed by atoms with Gasteiger partial charge in [-0.25, -0.2) is 9.97 Å². The SMILES string of the molecule is ClCc1c(Cl)ncnc1N1CCC[C@H]2CCCC[C@H]21. The van der Waals surface area contributed by atoms with Gasteiger partial charge in [-0.05, 0) is 31.6 Å². The van der Waals surface area contributed by atoms with Gasteiger partial charge in [0.2, 0.25) is 0 Å². The van der Waals surface area contributed by atoms with Gasteiger partial charge in [-0.1, -0.05) is 24.4 Å². The molecule has 1 aliphatic heterocycles. The van der Waals surface area contributed by atoms with E-state index >= 15 is 0 Å². The molecule has 2 aliphatic rings. The molecular weight excluding hydrogens is 281 g/mol. The highest BCUT2D eigenvalue weighted by atomic mass is 35.5. The fourth-order valence-corrected chi connectivity index (χ4v) is 4.14. The van der Waals surface area contributed by atoms with E-state index in [1.54, 1.807) is 6.33 Å². The number of halogens is 2. The van der Waals surface area contributed by atoms with Gasteiger partial charge >= 0.3 is 0 Å². The number of anilines is 1. The van der Waals surface area contributed by atoms with Crippen LogP contribution in [0.4, 0.5) is 5.82 Å². The number of hydrogen-bond acceptors (Lipinski definition) is 3. The van der Waals surface area contributed by atoms with Crippen LogP contribution in [0.5, 0.6) is 0 Å². The third-order valence-electron chi connectivity index (χ3n) is 4.52. The van der Waals surface area contributed by atoms with Crippen LogP contribution in [-0.4, -0.2) is 22.6 Å². The first-order valence-electron chi connectivity index (χ1n) is 7.13. The minimum atomic E-state index is 0.378. The van der Waals surface area contributed by atoms with Crippen LogP contribution in [0.25, 0.3) is 0 Å². The molecule has 1 aromatic heterocycles. The Balaban J connectivity index is 1.94. The predicted molar refractivity (Wildman–Crippen MR) is 78.9 cm³/mol. The highest BCUT2D eigenvalue weighted by Gasteiger charge is 2.34. The van der Waals surface area contributed by atoms with Gasteiger partial charge in [-0.3, -0.25) is 0 Å². The third-order valence-corrected chi connectivity index (χ3v) is 5.11. The Hall–Kier alpha value is -0.540. The lowest BCUT2D eigenvalue weighted by Gasteiger charge is -2.45. The van der Waals surface area contributed by atoms with E-state index in [-0.39, 0.29) is 0 Å². The number of piperidine rings is 1. The van der Waals surface area contributed by atoms with Crippen molar-refractivity contribution in [3.05, 3.63) is 17.0 Å².